The van der Waals surface area contributed by atoms with Gasteiger partial charge in [-0.3, -0.25) is 0 Å². The highest BCUT2D eigenvalue weighted by Gasteiger charge is 2.21. The zero-order chi connectivity index (χ0) is 19.9. The Hall–Kier alpha value is -2.16. The number of rotatable bonds is 7. The molecule has 1 aliphatic rings. The van der Waals surface area contributed by atoms with Crippen LogP contribution >= 0.6 is 11.8 Å². The first-order chi connectivity index (χ1) is 13.6. The molecule has 0 bridgehead atoms. The topological polar surface area (TPSA) is 82.9 Å². The number of hydrogen-bond acceptors (Lipinski definition) is 8. The van der Waals surface area contributed by atoms with Gasteiger partial charge in [0.15, 0.2) is 5.82 Å². The Morgan fingerprint density at radius 3 is 2.79 bits per heavy atom. The normalized spacial score (nSPS) is 15.8. The number of aliphatic hydroxyl groups excluding tert-OH is 1. The maximum absolute atomic E-state index is 9.73. The molecule has 2 heterocycles. The lowest BCUT2D eigenvalue weighted by atomic mass is 10.1. The number of aliphatic hydroxyl groups is 1. The van der Waals surface area contributed by atoms with E-state index >= 15 is 0 Å². The minimum Gasteiger partial charge on any atom is -0.393 e. The SMILES string of the molecule is CN/N=C\c1ccccc1-c1nc(SCC(C)O)c(C)c(N2CCOCC2)n1. The molecule has 28 heavy (non-hydrogen) atoms. The Morgan fingerprint density at radius 1 is 1.32 bits per heavy atom. The van der Waals surface area contributed by atoms with Gasteiger partial charge in [-0.05, 0) is 13.8 Å². The number of hydrazone groups is 1. The molecule has 0 amide bonds. The van der Waals surface area contributed by atoms with Gasteiger partial charge in [0, 0.05) is 42.6 Å². The van der Waals surface area contributed by atoms with E-state index in [4.69, 9.17) is 14.7 Å². The summed E-state index contributed by atoms with van der Waals surface area (Å²) in [6.45, 7) is 6.84. The quantitative estimate of drug-likeness (QED) is 0.319. The Morgan fingerprint density at radius 2 is 2.07 bits per heavy atom. The molecule has 150 valence electrons. The molecular weight excluding hydrogens is 374 g/mol. The van der Waals surface area contributed by atoms with Crippen LogP contribution < -0.4 is 10.3 Å². The fraction of sp³-hybridized carbons (Fsp3) is 0.450. The molecule has 1 unspecified atom stereocenters. The van der Waals surface area contributed by atoms with Crippen molar-refractivity contribution in [3.63, 3.8) is 0 Å². The van der Waals surface area contributed by atoms with E-state index in [0.717, 1.165) is 40.6 Å². The van der Waals surface area contributed by atoms with Crippen LogP contribution in [0.1, 0.15) is 18.1 Å². The summed E-state index contributed by atoms with van der Waals surface area (Å²) < 4.78 is 5.50. The van der Waals surface area contributed by atoms with Crippen molar-refractivity contribution in [2.24, 2.45) is 5.10 Å². The lowest BCUT2D eigenvalue weighted by molar-refractivity contribution is 0.122. The van der Waals surface area contributed by atoms with Crippen LogP contribution in [0.15, 0.2) is 34.4 Å². The van der Waals surface area contributed by atoms with Gasteiger partial charge in [0.2, 0.25) is 0 Å². The highest BCUT2D eigenvalue weighted by molar-refractivity contribution is 7.99. The average Bonchev–Trinajstić information content (AvgIpc) is 2.72. The van der Waals surface area contributed by atoms with E-state index in [9.17, 15) is 5.11 Å². The van der Waals surface area contributed by atoms with Crippen molar-refractivity contribution >= 4 is 23.8 Å². The number of thioether (sulfide) groups is 1. The third-order valence-electron chi connectivity index (χ3n) is 4.38. The third-order valence-corrected chi connectivity index (χ3v) is 5.70. The fourth-order valence-corrected chi connectivity index (χ4v) is 3.83. The van der Waals surface area contributed by atoms with Crippen LogP contribution in [-0.4, -0.2) is 66.5 Å². The predicted octanol–water partition coefficient (Wildman–Crippen LogP) is 2.31. The van der Waals surface area contributed by atoms with Gasteiger partial charge >= 0.3 is 0 Å². The first kappa shape index (κ1) is 20.6. The first-order valence-corrected chi connectivity index (χ1v) is 10.4. The zero-order valence-corrected chi connectivity index (χ0v) is 17.4. The molecule has 1 aromatic carbocycles. The second kappa shape index (κ2) is 9.86. The van der Waals surface area contributed by atoms with E-state index < -0.39 is 6.10 Å². The number of benzene rings is 1. The second-order valence-corrected chi connectivity index (χ2v) is 7.64. The fourth-order valence-electron chi connectivity index (χ4n) is 2.98. The number of anilines is 1. The Balaban J connectivity index is 2.07. The highest BCUT2D eigenvalue weighted by Crippen LogP contribution is 2.32. The Kier molecular flexibility index (Phi) is 7.24. The van der Waals surface area contributed by atoms with E-state index in [1.807, 2.05) is 31.2 Å². The molecule has 7 nitrogen and oxygen atoms in total. The van der Waals surface area contributed by atoms with Crippen molar-refractivity contribution in [2.75, 3.05) is 44.0 Å². The van der Waals surface area contributed by atoms with Gasteiger partial charge in [-0.1, -0.05) is 24.3 Å². The van der Waals surface area contributed by atoms with Gasteiger partial charge in [-0.2, -0.15) is 5.10 Å². The summed E-state index contributed by atoms with van der Waals surface area (Å²) in [4.78, 5) is 12.0. The molecule has 1 aromatic heterocycles. The van der Waals surface area contributed by atoms with Gasteiger partial charge in [0.05, 0.1) is 25.5 Å². The van der Waals surface area contributed by atoms with E-state index in [-0.39, 0.29) is 0 Å². The smallest absolute Gasteiger partial charge is 0.163 e. The van der Waals surface area contributed by atoms with Crippen LogP contribution in [0, 0.1) is 6.92 Å². The summed E-state index contributed by atoms with van der Waals surface area (Å²) in [5.74, 6) is 2.18. The molecule has 0 spiro atoms. The van der Waals surface area contributed by atoms with Crippen molar-refractivity contribution < 1.29 is 9.84 Å². The standard InChI is InChI=1S/C20H27N5O2S/c1-14(26)13-28-20-15(2)19(25-8-10-27-11-9-25)23-18(24-20)17-7-5-4-6-16(17)12-22-21-3/h4-7,12,14,21,26H,8-11,13H2,1-3H3/b22-12-. The van der Waals surface area contributed by atoms with Gasteiger partial charge < -0.3 is 20.2 Å². The minimum absolute atomic E-state index is 0.398. The summed E-state index contributed by atoms with van der Waals surface area (Å²) >= 11 is 1.56. The zero-order valence-electron chi connectivity index (χ0n) is 16.6. The maximum atomic E-state index is 9.73. The number of aromatic nitrogens is 2. The van der Waals surface area contributed by atoms with E-state index in [2.05, 4.69) is 15.4 Å². The maximum Gasteiger partial charge on any atom is 0.163 e. The monoisotopic (exact) mass is 401 g/mol. The van der Waals surface area contributed by atoms with Crippen molar-refractivity contribution in [3.05, 3.63) is 35.4 Å². The van der Waals surface area contributed by atoms with Gasteiger partial charge in [0.25, 0.3) is 0 Å². The number of hydrogen-bond donors (Lipinski definition) is 2. The van der Waals surface area contributed by atoms with Crippen LogP contribution in [0.4, 0.5) is 5.82 Å². The molecule has 8 heteroatoms. The van der Waals surface area contributed by atoms with Crippen LogP contribution in [0.25, 0.3) is 11.4 Å². The summed E-state index contributed by atoms with van der Waals surface area (Å²) in [5, 5.41) is 14.8. The predicted molar refractivity (Wildman–Crippen MR) is 114 cm³/mol. The number of nitrogens with zero attached hydrogens (tertiary/aromatic N) is 4. The number of ether oxygens (including phenoxy) is 1. The summed E-state index contributed by atoms with van der Waals surface area (Å²) in [6, 6.07) is 7.96. The van der Waals surface area contributed by atoms with Crippen molar-refractivity contribution in [3.8, 4) is 11.4 Å². The molecule has 3 rings (SSSR count). The molecule has 1 saturated heterocycles. The number of morpholine rings is 1. The second-order valence-electron chi connectivity index (χ2n) is 6.63. The Labute approximate surface area is 170 Å². The van der Waals surface area contributed by atoms with Crippen molar-refractivity contribution in [1.82, 2.24) is 15.4 Å². The lowest BCUT2D eigenvalue weighted by Gasteiger charge is -2.30. The molecule has 1 fully saturated rings. The molecule has 0 saturated carbocycles. The average molecular weight is 402 g/mol. The summed E-state index contributed by atoms with van der Waals surface area (Å²) in [7, 11) is 1.77. The summed E-state index contributed by atoms with van der Waals surface area (Å²) in [6.07, 6.45) is 1.37. The van der Waals surface area contributed by atoms with Crippen LogP contribution in [0.3, 0.4) is 0 Å². The lowest BCUT2D eigenvalue weighted by Crippen LogP contribution is -2.37. The van der Waals surface area contributed by atoms with Gasteiger partial charge in [0.1, 0.15) is 10.8 Å². The molecular formula is C20H27N5O2S. The van der Waals surface area contributed by atoms with Crippen molar-refractivity contribution in [2.45, 2.75) is 25.0 Å². The van der Waals surface area contributed by atoms with Crippen LogP contribution in [0.2, 0.25) is 0 Å². The van der Waals surface area contributed by atoms with Crippen LogP contribution in [-0.2, 0) is 4.74 Å². The third kappa shape index (κ3) is 5.01. The van der Waals surface area contributed by atoms with Crippen molar-refractivity contribution in [1.29, 1.82) is 0 Å². The molecule has 2 aromatic rings. The van der Waals surface area contributed by atoms with E-state index in [1.165, 1.54) is 0 Å². The van der Waals surface area contributed by atoms with Gasteiger partial charge in [-0.25, -0.2) is 9.97 Å². The first-order valence-electron chi connectivity index (χ1n) is 9.41. The van der Waals surface area contributed by atoms with E-state index in [0.29, 0.717) is 24.8 Å². The molecule has 0 aliphatic carbocycles. The molecule has 2 N–H and O–H groups in total. The highest BCUT2D eigenvalue weighted by atomic mass is 32.2. The minimum atomic E-state index is -0.398. The number of nitrogens with one attached hydrogen (secondary N) is 1. The molecule has 1 atom stereocenters. The molecule has 0 radical (unpaired) electrons. The van der Waals surface area contributed by atoms with Crippen LogP contribution in [0.5, 0.6) is 0 Å². The van der Waals surface area contributed by atoms with Gasteiger partial charge in [-0.15, -0.1) is 11.8 Å². The largest absolute Gasteiger partial charge is 0.393 e. The Bertz CT molecular complexity index is 822. The van der Waals surface area contributed by atoms with E-state index in [1.54, 1.807) is 31.9 Å². The molecule has 1 aliphatic heterocycles. The summed E-state index contributed by atoms with van der Waals surface area (Å²) in [5.41, 5.74) is 5.70.